The minimum absolute atomic E-state index is 0.645. The zero-order valence-corrected chi connectivity index (χ0v) is 13.3. The molecule has 0 amide bonds. The Bertz CT molecular complexity index is 281. The van der Waals surface area contributed by atoms with E-state index < -0.39 is 0 Å². The summed E-state index contributed by atoms with van der Waals surface area (Å²) in [5.74, 6) is 2.74. The van der Waals surface area contributed by atoms with Crippen LogP contribution < -0.4 is 5.32 Å². The zero-order valence-electron chi connectivity index (χ0n) is 13.3. The monoisotopic (exact) mass is 279 g/mol. The van der Waals surface area contributed by atoms with Crippen LogP contribution in [0.1, 0.15) is 71.1 Å². The number of rotatable bonds is 4. The van der Waals surface area contributed by atoms with E-state index in [2.05, 4.69) is 12.2 Å². The third-order valence-electron chi connectivity index (χ3n) is 6.22. The van der Waals surface area contributed by atoms with Gasteiger partial charge in [-0.05, 0) is 43.9 Å². The minimum atomic E-state index is 0.645. The summed E-state index contributed by atoms with van der Waals surface area (Å²) >= 11 is 0. The van der Waals surface area contributed by atoms with Gasteiger partial charge in [0.25, 0.3) is 0 Å². The minimum Gasteiger partial charge on any atom is -0.381 e. The fourth-order valence-corrected chi connectivity index (χ4v) is 4.91. The third-order valence-corrected chi connectivity index (χ3v) is 6.22. The number of nitrogens with one attached hydrogen (secondary N) is 1. The van der Waals surface area contributed by atoms with Gasteiger partial charge < -0.3 is 10.1 Å². The van der Waals surface area contributed by atoms with Gasteiger partial charge in [-0.2, -0.15) is 0 Å². The molecular weight excluding hydrogens is 246 g/mol. The SMILES string of the molecule is CC(NC1CCCCC1C1CCCCC1)C1CCOC1. The van der Waals surface area contributed by atoms with Gasteiger partial charge in [-0.25, -0.2) is 0 Å². The van der Waals surface area contributed by atoms with Crippen LogP contribution in [0.25, 0.3) is 0 Å². The van der Waals surface area contributed by atoms with Crippen LogP contribution in [0.2, 0.25) is 0 Å². The Morgan fingerprint density at radius 3 is 2.40 bits per heavy atom. The largest absolute Gasteiger partial charge is 0.381 e. The molecule has 2 aliphatic carbocycles. The summed E-state index contributed by atoms with van der Waals surface area (Å²) in [6.07, 6.45) is 14.5. The van der Waals surface area contributed by atoms with Crippen LogP contribution in [0.3, 0.4) is 0 Å². The van der Waals surface area contributed by atoms with Gasteiger partial charge in [-0.15, -0.1) is 0 Å². The van der Waals surface area contributed by atoms with Crippen LogP contribution in [-0.4, -0.2) is 25.3 Å². The molecule has 20 heavy (non-hydrogen) atoms. The van der Waals surface area contributed by atoms with E-state index in [4.69, 9.17) is 4.74 Å². The molecule has 0 spiro atoms. The normalized spacial score (nSPS) is 38.0. The fourth-order valence-electron chi connectivity index (χ4n) is 4.91. The molecule has 4 unspecified atom stereocenters. The summed E-state index contributed by atoms with van der Waals surface area (Å²) in [7, 11) is 0. The summed E-state index contributed by atoms with van der Waals surface area (Å²) in [5.41, 5.74) is 0. The van der Waals surface area contributed by atoms with Crippen LogP contribution in [0.4, 0.5) is 0 Å². The van der Waals surface area contributed by atoms with Gasteiger partial charge in [-0.3, -0.25) is 0 Å². The standard InChI is InChI=1S/C18H33NO/c1-14(16-11-12-20-13-16)19-18-10-6-5-9-17(18)15-7-3-2-4-8-15/h14-19H,2-13H2,1H3. The summed E-state index contributed by atoms with van der Waals surface area (Å²) in [6.45, 7) is 4.36. The Hall–Kier alpha value is -0.0800. The van der Waals surface area contributed by atoms with Crippen LogP contribution in [0.5, 0.6) is 0 Å². The maximum absolute atomic E-state index is 5.57. The molecule has 1 aliphatic heterocycles. The highest BCUT2D eigenvalue weighted by Crippen LogP contribution is 2.38. The molecule has 1 heterocycles. The molecule has 0 aromatic rings. The van der Waals surface area contributed by atoms with Crippen LogP contribution in [0, 0.1) is 17.8 Å². The van der Waals surface area contributed by atoms with E-state index in [0.29, 0.717) is 6.04 Å². The summed E-state index contributed by atoms with van der Waals surface area (Å²) < 4.78 is 5.57. The second-order valence-electron chi connectivity index (χ2n) is 7.53. The molecule has 0 aromatic carbocycles. The van der Waals surface area contributed by atoms with Gasteiger partial charge in [0.15, 0.2) is 0 Å². The smallest absolute Gasteiger partial charge is 0.0509 e. The van der Waals surface area contributed by atoms with Gasteiger partial charge in [0.1, 0.15) is 0 Å². The first-order valence-corrected chi connectivity index (χ1v) is 9.18. The third kappa shape index (κ3) is 3.57. The lowest BCUT2D eigenvalue weighted by Crippen LogP contribution is -2.48. The second-order valence-corrected chi connectivity index (χ2v) is 7.53. The first kappa shape index (κ1) is 14.8. The summed E-state index contributed by atoms with van der Waals surface area (Å²) in [5, 5.41) is 4.03. The second kappa shape index (κ2) is 7.26. The maximum Gasteiger partial charge on any atom is 0.0509 e. The zero-order chi connectivity index (χ0) is 13.8. The van der Waals surface area contributed by atoms with Crippen molar-refractivity contribution in [2.45, 2.75) is 83.2 Å². The van der Waals surface area contributed by atoms with Crippen LogP contribution in [-0.2, 0) is 4.74 Å². The molecule has 4 atom stereocenters. The first-order valence-electron chi connectivity index (χ1n) is 9.18. The Balaban J connectivity index is 1.56. The van der Waals surface area contributed by atoms with Gasteiger partial charge in [0.05, 0.1) is 6.61 Å². The molecule has 2 nitrogen and oxygen atoms in total. The highest BCUT2D eigenvalue weighted by atomic mass is 16.5. The number of hydrogen-bond acceptors (Lipinski definition) is 2. The highest BCUT2D eigenvalue weighted by molar-refractivity contribution is 4.89. The van der Waals surface area contributed by atoms with E-state index in [1.807, 2.05) is 0 Å². The molecule has 2 saturated carbocycles. The molecule has 0 radical (unpaired) electrons. The number of hydrogen-bond donors (Lipinski definition) is 1. The molecule has 116 valence electrons. The molecular formula is C18H33NO. The Labute approximate surface area is 125 Å². The van der Waals surface area contributed by atoms with Crippen molar-refractivity contribution in [3.8, 4) is 0 Å². The van der Waals surface area contributed by atoms with Gasteiger partial charge >= 0.3 is 0 Å². The Morgan fingerprint density at radius 1 is 0.900 bits per heavy atom. The van der Waals surface area contributed by atoms with Crippen molar-refractivity contribution in [2.24, 2.45) is 17.8 Å². The molecule has 0 bridgehead atoms. The molecule has 3 fully saturated rings. The Kier molecular flexibility index (Phi) is 5.39. The van der Waals surface area contributed by atoms with Crippen molar-refractivity contribution in [1.82, 2.24) is 5.32 Å². The van der Waals surface area contributed by atoms with Crippen molar-refractivity contribution in [3.05, 3.63) is 0 Å². The van der Waals surface area contributed by atoms with Gasteiger partial charge in [-0.1, -0.05) is 44.9 Å². The van der Waals surface area contributed by atoms with Crippen LogP contribution in [0.15, 0.2) is 0 Å². The van der Waals surface area contributed by atoms with E-state index in [1.54, 1.807) is 0 Å². The van der Waals surface area contributed by atoms with Crippen LogP contribution >= 0.6 is 0 Å². The highest BCUT2D eigenvalue weighted by Gasteiger charge is 2.34. The lowest BCUT2D eigenvalue weighted by molar-refractivity contribution is 0.129. The predicted octanol–water partition coefficient (Wildman–Crippen LogP) is 4.14. The van der Waals surface area contributed by atoms with Crippen molar-refractivity contribution in [2.75, 3.05) is 13.2 Å². The van der Waals surface area contributed by atoms with E-state index >= 15 is 0 Å². The summed E-state index contributed by atoms with van der Waals surface area (Å²) in [6, 6.07) is 1.44. The van der Waals surface area contributed by atoms with Crippen molar-refractivity contribution >= 4 is 0 Å². The fraction of sp³-hybridized carbons (Fsp3) is 1.00. The molecule has 0 aromatic heterocycles. The molecule has 3 rings (SSSR count). The maximum atomic E-state index is 5.57. The van der Waals surface area contributed by atoms with Crippen molar-refractivity contribution < 1.29 is 4.74 Å². The quantitative estimate of drug-likeness (QED) is 0.835. The topological polar surface area (TPSA) is 21.3 Å². The average molecular weight is 279 g/mol. The first-order chi connectivity index (χ1) is 9.84. The Morgan fingerprint density at radius 2 is 1.65 bits per heavy atom. The van der Waals surface area contributed by atoms with E-state index in [1.165, 1.54) is 64.2 Å². The van der Waals surface area contributed by atoms with Crippen molar-refractivity contribution in [3.63, 3.8) is 0 Å². The van der Waals surface area contributed by atoms with Crippen molar-refractivity contribution in [1.29, 1.82) is 0 Å². The number of ether oxygens (including phenoxy) is 1. The molecule has 1 N–H and O–H groups in total. The van der Waals surface area contributed by atoms with Gasteiger partial charge in [0.2, 0.25) is 0 Å². The molecule has 2 heteroatoms. The van der Waals surface area contributed by atoms with Gasteiger partial charge in [0, 0.05) is 18.7 Å². The average Bonchev–Trinajstić information content (AvgIpc) is 3.03. The van der Waals surface area contributed by atoms with E-state index in [-0.39, 0.29) is 0 Å². The molecule has 1 saturated heterocycles. The summed E-state index contributed by atoms with van der Waals surface area (Å²) in [4.78, 5) is 0. The molecule has 3 aliphatic rings. The van der Waals surface area contributed by atoms with E-state index in [9.17, 15) is 0 Å². The lowest BCUT2D eigenvalue weighted by atomic mass is 9.70. The lowest BCUT2D eigenvalue weighted by Gasteiger charge is -2.41. The predicted molar refractivity (Wildman–Crippen MR) is 83.8 cm³/mol. The van der Waals surface area contributed by atoms with E-state index in [0.717, 1.165) is 37.0 Å².